The first-order valence-corrected chi connectivity index (χ1v) is 3.07. The normalized spacial score (nSPS) is 11.8. The third-order valence-electron chi connectivity index (χ3n) is 0.415. The van der Waals surface area contributed by atoms with Crippen molar-refractivity contribution in [3.63, 3.8) is 0 Å². The standard InChI is InChI=1S/C3H10N2Si/c4-3(5)1-2-6/h1-3H,4-5H2,6H3. The highest BCUT2D eigenvalue weighted by Crippen LogP contribution is 1.62. The Bertz CT molecular complexity index is 50.8. The Labute approximate surface area is 40.6 Å². The van der Waals surface area contributed by atoms with Gasteiger partial charge in [-0.3, -0.25) is 0 Å². The summed E-state index contributed by atoms with van der Waals surface area (Å²) in [6.45, 7) is 0. The maximum absolute atomic E-state index is 5.12. The second-order valence-electron chi connectivity index (χ2n) is 1.10. The molecule has 0 aliphatic heterocycles. The summed E-state index contributed by atoms with van der Waals surface area (Å²) in [5.41, 5.74) is 12.2. The smallest absolute Gasteiger partial charge is 0.0709 e. The van der Waals surface area contributed by atoms with Crippen LogP contribution < -0.4 is 11.5 Å². The Morgan fingerprint density at radius 2 is 2.00 bits per heavy atom. The van der Waals surface area contributed by atoms with Crippen molar-refractivity contribution in [1.29, 1.82) is 0 Å². The fraction of sp³-hybridized carbons (Fsp3) is 0.333. The molecule has 0 aromatic heterocycles. The molecule has 0 radical (unpaired) electrons. The SMILES string of the molecule is NC(N)C=C[SiH3]. The van der Waals surface area contributed by atoms with Crippen LogP contribution in [0.25, 0.3) is 0 Å². The Kier molecular flexibility index (Phi) is 3.02. The highest BCUT2D eigenvalue weighted by molar-refractivity contribution is 6.17. The molecular formula is C3H10N2Si. The molecule has 6 heavy (non-hydrogen) atoms. The fourth-order valence-electron chi connectivity index (χ4n) is 0.222. The van der Waals surface area contributed by atoms with Gasteiger partial charge in [0.05, 0.1) is 6.17 Å². The summed E-state index contributed by atoms with van der Waals surface area (Å²) < 4.78 is 0. The average molecular weight is 102 g/mol. The van der Waals surface area contributed by atoms with Crippen LogP contribution in [0.4, 0.5) is 0 Å². The molecule has 0 unspecified atom stereocenters. The van der Waals surface area contributed by atoms with E-state index in [4.69, 9.17) is 11.5 Å². The molecule has 0 amide bonds. The molecule has 4 N–H and O–H groups in total. The van der Waals surface area contributed by atoms with Gasteiger partial charge in [-0.1, -0.05) is 6.08 Å². The Morgan fingerprint density at radius 1 is 1.50 bits per heavy atom. The average Bonchev–Trinajstić information content (AvgIpc) is 1.35. The third kappa shape index (κ3) is 3.88. The minimum atomic E-state index is -0.248. The molecule has 0 fully saturated rings. The zero-order valence-corrected chi connectivity index (χ0v) is 5.89. The van der Waals surface area contributed by atoms with Crippen molar-refractivity contribution < 1.29 is 0 Å². The Hall–Kier alpha value is -0.123. The molecule has 0 rings (SSSR count). The lowest BCUT2D eigenvalue weighted by Gasteiger charge is -1.89. The topological polar surface area (TPSA) is 52.0 Å². The molecule has 0 bridgehead atoms. The van der Waals surface area contributed by atoms with Crippen LogP contribution in [0.2, 0.25) is 0 Å². The minimum absolute atomic E-state index is 0.248. The molecule has 0 atom stereocenters. The van der Waals surface area contributed by atoms with E-state index in [1.807, 2.05) is 5.70 Å². The van der Waals surface area contributed by atoms with Crippen LogP contribution in [0.1, 0.15) is 0 Å². The number of rotatable bonds is 1. The van der Waals surface area contributed by atoms with Crippen molar-refractivity contribution in [2.24, 2.45) is 11.5 Å². The highest BCUT2D eigenvalue weighted by atomic mass is 28.1. The summed E-state index contributed by atoms with van der Waals surface area (Å²) in [4.78, 5) is 0. The molecule has 36 valence electrons. The summed E-state index contributed by atoms with van der Waals surface area (Å²) in [6, 6.07) is 0. The third-order valence-corrected chi connectivity index (χ3v) is 0.800. The first-order valence-electron chi connectivity index (χ1n) is 1.91. The van der Waals surface area contributed by atoms with Gasteiger partial charge in [0.2, 0.25) is 0 Å². The molecule has 0 heterocycles. The quantitative estimate of drug-likeness (QED) is 0.300. The molecule has 0 aliphatic carbocycles. The molecule has 0 aromatic carbocycles. The van der Waals surface area contributed by atoms with Crippen LogP contribution in [0, 0.1) is 0 Å². The van der Waals surface area contributed by atoms with Crippen LogP contribution in [-0.2, 0) is 0 Å². The van der Waals surface area contributed by atoms with E-state index in [9.17, 15) is 0 Å². The lowest BCUT2D eigenvalue weighted by molar-refractivity contribution is 0.877. The molecule has 3 heteroatoms. The first kappa shape index (κ1) is 5.88. The predicted octanol–water partition coefficient (Wildman–Crippen LogP) is -1.89. The van der Waals surface area contributed by atoms with Crippen LogP contribution >= 0.6 is 0 Å². The van der Waals surface area contributed by atoms with E-state index in [-0.39, 0.29) is 6.17 Å². The molecule has 0 spiro atoms. The second-order valence-corrected chi connectivity index (χ2v) is 1.77. The summed E-state index contributed by atoms with van der Waals surface area (Å²) in [5.74, 6) is 0. The lowest BCUT2D eigenvalue weighted by Crippen LogP contribution is -2.27. The largest absolute Gasteiger partial charge is 0.313 e. The monoisotopic (exact) mass is 102 g/mol. The van der Waals surface area contributed by atoms with Crippen molar-refractivity contribution in [2.45, 2.75) is 6.17 Å². The van der Waals surface area contributed by atoms with Crippen LogP contribution in [0.5, 0.6) is 0 Å². The van der Waals surface area contributed by atoms with Crippen molar-refractivity contribution in [3.05, 3.63) is 11.8 Å². The molecule has 0 aliphatic rings. The van der Waals surface area contributed by atoms with Gasteiger partial charge < -0.3 is 11.5 Å². The van der Waals surface area contributed by atoms with E-state index in [1.165, 1.54) is 0 Å². The van der Waals surface area contributed by atoms with Gasteiger partial charge in [-0.2, -0.15) is 0 Å². The highest BCUT2D eigenvalue weighted by Gasteiger charge is 1.75. The Morgan fingerprint density at radius 3 is 2.00 bits per heavy atom. The van der Waals surface area contributed by atoms with E-state index in [2.05, 4.69) is 0 Å². The van der Waals surface area contributed by atoms with Gasteiger partial charge in [0.15, 0.2) is 0 Å². The molecule has 0 saturated carbocycles. The summed E-state index contributed by atoms with van der Waals surface area (Å²) >= 11 is 0. The minimum Gasteiger partial charge on any atom is -0.313 e. The predicted molar refractivity (Wildman–Crippen MR) is 31.2 cm³/mol. The van der Waals surface area contributed by atoms with Gasteiger partial charge >= 0.3 is 0 Å². The summed E-state index contributed by atoms with van der Waals surface area (Å²) in [7, 11) is 1.05. The van der Waals surface area contributed by atoms with E-state index >= 15 is 0 Å². The number of hydrogen-bond acceptors (Lipinski definition) is 2. The van der Waals surface area contributed by atoms with E-state index < -0.39 is 0 Å². The van der Waals surface area contributed by atoms with Gasteiger partial charge in [0.25, 0.3) is 0 Å². The van der Waals surface area contributed by atoms with Crippen LogP contribution in [0.3, 0.4) is 0 Å². The van der Waals surface area contributed by atoms with Crippen molar-refractivity contribution in [2.75, 3.05) is 0 Å². The van der Waals surface area contributed by atoms with Gasteiger partial charge in [0, 0.05) is 10.2 Å². The van der Waals surface area contributed by atoms with Gasteiger partial charge in [0.1, 0.15) is 0 Å². The zero-order chi connectivity index (χ0) is 4.99. The van der Waals surface area contributed by atoms with E-state index in [0.29, 0.717) is 0 Å². The summed E-state index contributed by atoms with van der Waals surface area (Å²) in [5, 5.41) is 0. The maximum Gasteiger partial charge on any atom is 0.0709 e. The maximum atomic E-state index is 5.12. The summed E-state index contributed by atoms with van der Waals surface area (Å²) in [6.07, 6.45) is 1.54. The van der Waals surface area contributed by atoms with E-state index in [0.717, 1.165) is 10.2 Å². The van der Waals surface area contributed by atoms with Crippen molar-refractivity contribution >= 4 is 10.2 Å². The lowest BCUT2D eigenvalue weighted by atomic mass is 10.5. The zero-order valence-electron chi connectivity index (χ0n) is 3.89. The Balaban J connectivity index is 3.03. The van der Waals surface area contributed by atoms with Crippen LogP contribution in [0.15, 0.2) is 11.8 Å². The molecule has 2 nitrogen and oxygen atoms in total. The second kappa shape index (κ2) is 3.08. The molecule has 0 aromatic rings. The fourth-order valence-corrected chi connectivity index (χ4v) is 0.667. The molecule has 0 saturated heterocycles. The first-order chi connectivity index (χ1) is 2.77. The van der Waals surface area contributed by atoms with E-state index in [1.54, 1.807) is 6.08 Å². The van der Waals surface area contributed by atoms with Gasteiger partial charge in [-0.05, 0) is 0 Å². The number of hydrogen-bond donors (Lipinski definition) is 2. The van der Waals surface area contributed by atoms with Crippen molar-refractivity contribution in [1.82, 2.24) is 0 Å². The number of nitrogens with two attached hydrogens (primary N) is 2. The van der Waals surface area contributed by atoms with Gasteiger partial charge in [-0.25, -0.2) is 0 Å². The van der Waals surface area contributed by atoms with Crippen LogP contribution in [-0.4, -0.2) is 16.4 Å². The molecular weight excluding hydrogens is 92.1 g/mol. The van der Waals surface area contributed by atoms with Crippen molar-refractivity contribution in [3.8, 4) is 0 Å². The van der Waals surface area contributed by atoms with Gasteiger partial charge in [-0.15, -0.1) is 5.70 Å².